The minimum atomic E-state index is -1.23. The van der Waals surface area contributed by atoms with E-state index >= 15 is 0 Å². The molecule has 252 valence electrons. The van der Waals surface area contributed by atoms with Crippen molar-refractivity contribution >= 4 is 23.7 Å². The lowest BCUT2D eigenvalue weighted by Gasteiger charge is -2.40. The Morgan fingerprint density at radius 3 is 2.43 bits per heavy atom. The summed E-state index contributed by atoms with van der Waals surface area (Å²) in [5, 5.41) is 13.5. The Morgan fingerprint density at radius 1 is 1.15 bits per heavy atom. The maximum absolute atomic E-state index is 14.5. The fourth-order valence-corrected chi connectivity index (χ4v) is 7.64. The second-order valence-corrected chi connectivity index (χ2v) is 13.6. The first-order valence-electron chi connectivity index (χ1n) is 16.6. The zero-order chi connectivity index (χ0) is 33.8. The summed E-state index contributed by atoms with van der Waals surface area (Å²) in [6.07, 6.45) is 4.08. The van der Waals surface area contributed by atoms with Gasteiger partial charge in [0, 0.05) is 19.0 Å². The highest BCUT2D eigenvalue weighted by Crippen LogP contribution is 2.59. The van der Waals surface area contributed by atoms with E-state index < -0.39 is 53.7 Å². The molecule has 0 radical (unpaired) electrons. The summed E-state index contributed by atoms with van der Waals surface area (Å²) in [5.41, 5.74) is -0.526. The number of hydrogen-bond acceptors (Lipinski definition) is 7. The third kappa shape index (κ3) is 6.79. The van der Waals surface area contributed by atoms with Crippen LogP contribution in [0.15, 0.2) is 55.6 Å². The van der Waals surface area contributed by atoms with E-state index in [0.29, 0.717) is 31.2 Å². The summed E-state index contributed by atoms with van der Waals surface area (Å²) in [7, 11) is 0. The van der Waals surface area contributed by atoms with Crippen molar-refractivity contribution in [2.24, 2.45) is 17.8 Å². The molecule has 10 heteroatoms. The van der Waals surface area contributed by atoms with Crippen LogP contribution in [-0.4, -0.2) is 87.6 Å². The van der Waals surface area contributed by atoms with Gasteiger partial charge in [-0.25, -0.2) is 0 Å². The highest BCUT2D eigenvalue weighted by atomic mass is 16.6. The number of fused-ring (bicyclic) bond motifs is 1. The molecule has 3 aliphatic heterocycles. The maximum atomic E-state index is 14.5. The Kier molecular flexibility index (Phi) is 11.5. The summed E-state index contributed by atoms with van der Waals surface area (Å²) in [4.78, 5) is 59.0. The van der Waals surface area contributed by atoms with Crippen LogP contribution >= 0.6 is 0 Å². The zero-order valence-electron chi connectivity index (χ0n) is 27.9. The number of benzene rings is 1. The van der Waals surface area contributed by atoms with Crippen molar-refractivity contribution in [3.05, 3.63) is 61.2 Å². The summed E-state index contributed by atoms with van der Waals surface area (Å²) < 4.78 is 12.8. The van der Waals surface area contributed by atoms with Crippen LogP contribution in [0.2, 0.25) is 0 Å². The molecule has 4 rings (SSSR count). The predicted molar refractivity (Wildman–Crippen MR) is 174 cm³/mol. The molecular weight excluding hydrogens is 586 g/mol. The van der Waals surface area contributed by atoms with Crippen molar-refractivity contribution in [2.45, 2.75) is 109 Å². The van der Waals surface area contributed by atoms with Gasteiger partial charge in [0.2, 0.25) is 17.7 Å². The second-order valence-electron chi connectivity index (χ2n) is 13.6. The van der Waals surface area contributed by atoms with Crippen molar-refractivity contribution in [1.29, 1.82) is 0 Å². The first kappa shape index (κ1) is 35.4. The van der Waals surface area contributed by atoms with Gasteiger partial charge in [0.25, 0.3) is 0 Å². The fraction of sp³-hybridized carbons (Fsp3) is 0.611. The van der Waals surface area contributed by atoms with E-state index in [9.17, 15) is 24.3 Å². The molecule has 46 heavy (non-hydrogen) atoms. The number of allylic oxidation sites excluding steroid dienone is 1. The van der Waals surface area contributed by atoms with E-state index in [4.69, 9.17) is 9.47 Å². The van der Waals surface area contributed by atoms with Gasteiger partial charge in [-0.05, 0) is 57.9 Å². The van der Waals surface area contributed by atoms with Crippen LogP contribution in [0.5, 0.6) is 0 Å². The Morgan fingerprint density at radius 2 is 1.85 bits per heavy atom. The van der Waals surface area contributed by atoms with Gasteiger partial charge in [-0.2, -0.15) is 0 Å². The molecule has 3 saturated heterocycles. The molecule has 1 aromatic carbocycles. The van der Waals surface area contributed by atoms with Crippen LogP contribution in [0.25, 0.3) is 0 Å². The van der Waals surface area contributed by atoms with Crippen molar-refractivity contribution in [3.63, 3.8) is 0 Å². The van der Waals surface area contributed by atoms with Gasteiger partial charge < -0.3 is 29.7 Å². The average Bonchev–Trinajstić information content (AvgIpc) is 3.67. The molecule has 2 bridgehead atoms. The molecule has 3 heterocycles. The molecule has 1 spiro atoms. The molecule has 0 aliphatic carbocycles. The Balaban J connectivity index is 1.71. The first-order chi connectivity index (χ1) is 21.9. The number of carbonyl (C=O) groups is 4. The second kappa shape index (κ2) is 14.9. The minimum absolute atomic E-state index is 0.140. The summed E-state index contributed by atoms with van der Waals surface area (Å²) in [6.45, 7) is 17.1. The number of hydrogen-bond donors (Lipinski definition) is 2. The van der Waals surface area contributed by atoms with Crippen LogP contribution in [0, 0.1) is 17.8 Å². The van der Waals surface area contributed by atoms with E-state index in [1.54, 1.807) is 24.0 Å². The number of ether oxygens (including phenoxy) is 2. The number of rotatable bonds is 16. The number of amides is 3. The number of carbonyl (C=O) groups excluding carboxylic acids is 4. The number of nitrogens with zero attached hydrogens (tertiary/aromatic N) is 2. The molecule has 3 aliphatic rings. The molecule has 8 atom stereocenters. The fourth-order valence-electron chi connectivity index (χ4n) is 7.64. The molecule has 10 nitrogen and oxygen atoms in total. The maximum Gasteiger partial charge on any atom is 0.313 e. The van der Waals surface area contributed by atoms with E-state index in [0.717, 1.165) is 0 Å². The van der Waals surface area contributed by atoms with Gasteiger partial charge in [-0.15, -0.1) is 13.2 Å². The molecule has 3 fully saturated rings. The van der Waals surface area contributed by atoms with Crippen LogP contribution < -0.4 is 5.32 Å². The molecule has 1 aromatic rings. The Hall–Kier alpha value is -3.50. The lowest BCUT2D eigenvalue weighted by atomic mass is 9.70. The average molecular weight is 638 g/mol. The molecule has 0 aromatic heterocycles. The van der Waals surface area contributed by atoms with Gasteiger partial charge in [0.1, 0.15) is 17.7 Å². The monoisotopic (exact) mass is 637 g/mol. The third-order valence-electron chi connectivity index (χ3n) is 9.61. The highest BCUT2D eigenvalue weighted by Gasteiger charge is 2.75. The van der Waals surface area contributed by atoms with Gasteiger partial charge in [-0.1, -0.05) is 56.3 Å². The molecular formula is C36H51N3O7. The van der Waals surface area contributed by atoms with E-state index in [1.165, 1.54) is 4.90 Å². The quantitative estimate of drug-likeness (QED) is 0.208. The van der Waals surface area contributed by atoms with Gasteiger partial charge in [-0.3, -0.25) is 19.2 Å². The first-order valence-corrected chi connectivity index (χ1v) is 16.6. The summed E-state index contributed by atoms with van der Waals surface area (Å²) in [5.74, 6) is -3.19. The third-order valence-corrected chi connectivity index (χ3v) is 9.61. The predicted octanol–water partition coefficient (Wildman–Crippen LogP) is 3.95. The number of esters is 1. The van der Waals surface area contributed by atoms with Crippen molar-refractivity contribution < 1.29 is 33.8 Å². The lowest BCUT2D eigenvalue weighted by Crippen LogP contribution is -2.59. The SMILES string of the molecule is C=CCCC(=O)N[C@H](C)[C@@H](OC(=O)[C@@H]1[C@H]2C(=O)N([C@@H](CO)CC(C)C)[C@H](C(=O)N(CC=C)C(C)C)[C@]23CC[C@H]1O3)c1ccccc1. The molecule has 3 amide bonds. The number of likely N-dealkylation sites (tertiary alicyclic amines) is 1. The van der Waals surface area contributed by atoms with Crippen molar-refractivity contribution in [1.82, 2.24) is 15.1 Å². The molecule has 0 saturated carbocycles. The van der Waals surface area contributed by atoms with Crippen molar-refractivity contribution in [3.8, 4) is 0 Å². The molecule has 0 unspecified atom stereocenters. The van der Waals surface area contributed by atoms with Crippen LogP contribution in [0.3, 0.4) is 0 Å². The van der Waals surface area contributed by atoms with E-state index in [-0.39, 0.29) is 49.3 Å². The van der Waals surface area contributed by atoms with Gasteiger partial charge in [0.15, 0.2) is 0 Å². The van der Waals surface area contributed by atoms with E-state index in [2.05, 4.69) is 18.5 Å². The number of aliphatic hydroxyl groups is 1. The smallest absolute Gasteiger partial charge is 0.313 e. The topological polar surface area (TPSA) is 125 Å². The van der Waals surface area contributed by atoms with Crippen LogP contribution in [0.1, 0.15) is 78.4 Å². The molecule has 2 N–H and O–H groups in total. The van der Waals surface area contributed by atoms with Crippen LogP contribution in [-0.2, 0) is 28.7 Å². The summed E-state index contributed by atoms with van der Waals surface area (Å²) in [6, 6.07) is 6.82. The standard InChI is InChI=1S/C36H51N3O7/c1-8-10-16-28(41)37-24(7)31(25-14-12-11-13-15-25)45-35(44)29-27-17-18-36(46-27)30(29)33(42)39(26(21-40)20-22(3)4)32(36)34(43)38(19-9-2)23(5)6/h8-9,11-15,22-24,26-27,29-32,40H,1-2,10,16-21H2,3-7H3,(H,37,41)/t24-,26-,27-,29+,30+,31-,32-,36+/m1/s1. The number of aliphatic hydroxyl groups excluding tert-OH is 1. The Labute approximate surface area is 273 Å². The number of nitrogens with one attached hydrogen (secondary N) is 1. The van der Waals surface area contributed by atoms with Gasteiger partial charge >= 0.3 is 5.97 Å². The van der Waals surface area contributed by atoms with Crippen LogP contribution in [0.4, 0.5) is 0 Å². The van der Waals surface area contributed by atoms with Crippen molar-refractivity contribution in [2.75, 3.05) is 13.2 Å². The largest absolute Gasteiger partial charge is 0.455 e. The van der Waals surface area contributed by atoms with E-state index in [1.807, 2.05) is 58.0 Å². The minimum Gasteiger partial charge on any atom is -0.455 e. The Bertz CT molecular complexity index is 1280. The van der Waals surface area contributed by atoms with Gasteiger partial charge in [0.05, 0.1) is 36.6 Å². The lowest BCUT2D eigenvalue weighted by molar-refractivity contribution is -0.163. The highest BCUT2D eigenvalue weighted by molar-refractivity contribution is 5.98. The zero-order valence-corrected chi connectivity index (χ0v) is 27.9. The summed E-state index contributed by atoms with van der Waals surface area (Å²) >= 11 is 0. The normalized spacial score (nSPS) is 26.9.